The monoisotopic (exact) mass is 363 g/mol. The summed E-state index contributed by atoms with van der Waals surface area (Å²) in [5.41, 5.74) is 4.10. The van der Waals surface area contributed by atoms with Crippen molar-refractivity contribution in [2.75, 3.05) is 31.1 Å². The Morgan fingerprint density at radius 1 is 0.962 bits per heavy atom. The van der Waals surface area contributed by atoms with Crippen LogP contribution in [0.1, 0.15) is 15.9 Å². The van der Waals surface area contributed by atoms with Gasteiger partial charge in [0.2, 0.25) is 0 Å². The number of benzene rings is 2. The van der Waals surface area contributed by atoms with Gasteiger partial charge in [0.1, 0.15) is 0 Å². The summed E-state index contributed by atoms with van der Waals surface area (Å²) in [6, 6.07) is 18.0. The standard InChI is InChI=1S/C21H21N3OS/c1-16-7-9-18(10-8-16)20(25)23-11-13-24(14-12-23)21-22-19(15-26-21)17-5-3-2-4-6-17/h2-10,15H,11-14H2,1H3. The van der Waals surface area contributed by atoms with Gasteiger partial charge >= 0.3 is 0 Å². The van der Waals surface area contributed by atoms with Crippen LogP contribution in [0.3, 0.4) is 0 Å². The second-order valence-corrected chi connectivity index (χ2v) is 7.36. The number of carbonyl (C=O) groups is 1. The Morgan fingerprint density at radius 2 is 1.65 bits per heavy atom. The van der Waals surface area contributed by atoms with Gasteiger partial charge in [-0.05, 0) is 19.1 Å². The van der Waals surface area contributed by atoms with Crippen LogP contribution >= 0.6 is 11.3 Å². The number of piperazine rings is 1. The highest BCUT2D eigenvalue weighted by Crippen LogP contribution is 2.28. The van der Waals surface area contributed by atoms with Gasteiger partial charge in [-0.2, -0.15) is 0 Å². The van der Waals surface area contributed by atoms with Gasteiger partial charge in [-0.1, -0.05) is 48.0 Å². The van der Waals surface area contributed by atoms with Gasteiger partial charge in [-0.3, -0.25) is 4.79 Å². The molecule has 1 aliphatic heterocycles. The van der Waals surface area contributed by atoms with E-state index < -0.39 is 0 Å². The minimum atomic E-state index is 0.119. The SMILES string of the molecule is Cc1ccc(C(=O)N2CCN(c3nc(-c4ccccc4)cs3)CC2)cc1. The number of hydrogen-bond acceptors (Lipinski definition) is 4. The molecule has 0 atom stereocenters. The van der Waals surface area contributed by atoms with E-state index in [-0.39, 0.29) is 5.91 Å². The highest BCUT2D eigenvalue weighted by molar-refractivity contribution is 7.14. The van der Waals surface area contributed by atoms with Gasteiger partial charge in [-0.25, -0.2) is 4.98 Å². The second kappa shape index (κ2) is 7.30. The molecule has 1 saturated heterocycles. The first-order chi connectivity index (χ1) is 12.7. The molecule has 2 heterocycles. The van der Waals surface area contributed by atoms with Crippen molar-refractivity contribution >= 4 is 22.4 Å². The van der Waals surface area contributed by atoms with E-state index in [9.17, 15) is 4.79 Å². The number of hydrogen-bond donors (Lipinski definition) is 0. The molecule has 5 heteroatoms. The Bertz CT molecular complexity index is 881. The average molecular weight is 363 g/mol. The van der Waals surface area contributed by atoms with E-state index in [2.05, 4.69) is 22.4 Å². The summed E-state index contributed by atoms with van der Waals surface area (Å²) < 4.78 is 0. The van der Waals surface area contributed by atoms with Crippen LogP contribution < -0.4 is 4.90 Å². The molecule has 0 radical (unpaired) electrons. The van der Waals surface area contributed by atoms with Gasteiger partial charge in [-0.15, -0.1) is 11.3 Å². The Morgan fingerprint density at radius 3 is 2.35 bits per heavy atom. The number of aryl methyl sites for hydroxylation is 1. The molecular formula is C21H21N3OS. The Kier molecular flexibility index (Phi) is 4.71. The third kappa shape index (κ3) is 3.48. The third-order valence-electron chi connectivity index (χ3n) is 4.70. The predicted molar refractivity (Wildman–Crippen MR) is 107 cm³/mol. The highest BCUT2D eigenvalue weighted by Gasteiger charge is 2.23. The zero-order chi connectivity index (χ0) is 17.9. The van der Waals surface area contributed by atoms with Crippen molar-refractivity contribution in [2.45, 2.75) is 6.92 Å². The molecule has 1 aromatic heterocycles. The van der Waals surface area contributed by atoms with Gasteiger partial charge in [0, 0.05) is 42.7 Å². The lowest BCUT2D eigenvalue weighted by Crippen LogP contribution is -2.48. The fraction of sp³-hybridized carbons (Fsp3) is 0.238. The second-order valence-electron chi connectivity index (χ2n) is 6.53. The van der Waals surface area contributed by atoms with E-state index in [1.165, 1.54) is 5.56 Å². The summed E-state index contributed by atoms with van der Waals surface area (Å²) in [6.07, 6.45) is 0. The van der Waals surface area contributed by atoms with Crippen LogP contribution in [0.4, 0.5) is 5.13 Å². The summed E-state index contributed by atoms with van der Waals surface area (Å²) in [4.78, 5) is 21.6. The number of carbonyl (C=O) groups excluding carboxylic acids is 1. The van der Waals surface area contributed by atoms with E-state index in [1.807, 2.05) is 54.3 Å². The number of aromatic nitrogens is 1. The summed E-state index contributed by atoms with van der Waals surface area (Å²) in [5.74, 6) is 0.119. The minimum absolute atomic E-state index is 0.119. The zero-order valence-corrected chi connectivity index (χ0v) is 15.6. The molecule has 0 bridgehead atoms. The largest absolute Gasteiger partial charge is 0.345 e. The lowest BCUT2D eigenvalue weighted by Gasteiger charge is -2.34. The van der Waals surface area contributed by atoms with Gasteiger partial charge < -0.3 is 9.80 Å². The highest BCUT2D eigenvalue weighted by atomic mass is 32.1. The van der Waals surface area contributed by atoms with E-state index >= 15 is 0 Å². The lowest BCUT2D eigenvalue weighted by atomic mass is 10.1. The van der Waals surface area contributed by atoms with E-state index in [0.717, 1.165) is 48.1 Å². The smallest absolute Gasteiger partial charge is 0.253 e. The Hall–Kier alpha value is -2.66. The molecule has 1 fully saturated rings. The van der Waals surface area contributed by atoms with Crippen molar-refractivity contribution in [3.05, 3.63) is 71.1 Å². The first kappa shape index (κ1) is 16.8. The topological polar surface area (TPSA) is 36.4 Å². The van der Waals surface area contributed by atoms with Crippen molar-refractivity contribution in [1.29, 1.82) is 0 Å². The number of anilines is 1. The van der Waals surface area contributed by atoms with Gasteiger partial charge in [0.25, 0.3) is 5.91 Å². The minimum Gasteiger partial charge on any atom is -0.345 e. The normalized spacial score (nSPS) is 14.5. The molecule has 1 amide bonds. The Balaban J connectivity index is 1.40. The van der Waals surface area contributed by atoms with Gasteiger partial charge in [0.05, 0.1) is 5.69 Å². The number of rotatable bonds is 3. The van der Waals surface area contributed by atoms with Crippen LogP contribution in [0.5, 0.6) is 0 Å². The van der Waals surface area contributed by atoms with Crippen LogP contribution in [-0.4, -0.2) is 42.0 Å². The Labute approximate surface area is 157 Å². The van der Waals surface area contributed by atoms with Crippen LogP contribution in [0.2, 0.25) is 0 Å². The maximum Gasteiger partial charge on any atom is 0.253 e. The molecule has 2 aromatic carbocycles. The molecule has 132 valence electrons. The van der Waals surface area contributed by atoms with E-state index in [4.69, 9.17) is 4.98 Å². The summed E-state index contributed by atoms with van der Waals surface area (Å²) in [5, 5.41) is 3.14. The first-order valence-corrected chi connectivity index (χ1v) is 9.70. The number of thiazole rings is 1. The average Bonchev–Trinajstić information content (AvgIpc) is 3.19. The molecule has 3 aromatic rings. The van der Waals surface area contributed by atoms with Crippen molar-refractivity contribution in [3.8, 4) is 11.3 Å². The van der Waals surface area contributed by atoms with E-state index in [1.54, 1.807) is 11.3 Å². The summed E-state index contributed by atoms with van der Waals surface area (Å²) >= 11 is 1.67. The quantitative estimate of drug-likeness (QED) is 0.703. The summed E-state index contributed by atoms with van der Waals surface area (Å²) in [7, 11) is 0. The molecule has 0 spiro atoms. The van der Waals surface area contributed by atoms with Crippen LogP contribution in [-0.2, 0) is 0 Å². The molecule has 4 nitrogen and oxygen atoms in total. The lowest BCUT2D eigenvalue weighted by molar-refractivity contribution is 0.0747. The molecule has 4 rings (SSSR count). The van der Waals surface area contributed by atoms with Gasteiger partial charge in [0.15, 0.2) is 5.13 Å². The third-order valence-corrected chi connectivity index (χ3v) is 5.60. The molecule has 0 aliphatic carbocycles. The first-order valence-electron chi connectivity index (χ1n) is 8.82. The molecular weight excluding hydrogens is 342 g/mol. The molecule has 1 aliphatic rings. The van der Waals surface area contributed by atoms with Crippen molar-refractivity contribution in [2.24, 2.45) is 0 Å². The van der Waals surface area contributed by atoms with Crippen LogP contribution in [0.25, 0.3) is 11.3 Å². The summed E-state index contributed by atoms with van der Waals surface area (Å²) in [6.45, 7) is 5.13. The van der Waals surface area contributed by atoms with Crippen molar-refractivity contribution < 1.29 is 4.79 Å². The number of amides is 1. The van der Waals surface area contributed by atoms with Crippen molar-refractivity contribution in [1.82, 2.24) is 9.88 Å². The molecule has 0 N–H and O–H groups in total. The fourth-order valence-corrected chi connectivity index (χ4v) is 4.02. The molecule has 0 saturated carbocycles. The van der Waals surface area contributed by atoms with Crippen LogP contribution in [0.15, 0.2) is 60.0 Å². The van der Waals surface area contributed by atoms with Crippen LogP contribution in [0, 0.1) is 6.92 Å². The predicted octanol–water partition coefficient (Wildman–Crippen LogP) is 4.08. The van der Waals surface area contributed by atoms with E-state index in [0.29, 0.717) is 0 Å². The fourth-order valence-electron chi connectivity index (χ4n) is 3.13. The number of nitrogens with zero attached hydrogens (tertiary/aromatic N) is 3. The van der Waals surface area contributed by atoms with Crippen molar-refractivity contribution in [3.63, 3.8) is 0 Å². The molecule has 0 unspecified atom stereocenters. The maximum atomic E-state index is 12.6. The zero-order valence-electron chi connectivity index (χ0n) is 14.8. The maximum absolute atomic E-state index is 12.6. The molecule has 26 heavy (non-hydrogen) atoms.